The number of nitrogens with one attached hydrogen (secondary N) is 1. The monoisotopic (exact) mass is 304 g/mol. The van der Waals surface area contributed by atoms with E-state index in [4.69, 9.17) is 0 Å². The van der Waals surface area contributed by atoms with E-state index in [1.165, 1.54) is 6.07 Å². The SMILES string of the molecule is CCN1CCNc2cc(N3CCCC3)c([N+](=O)[O-])cc2C1=O. The van der Waals surface area contributed by atoms with Gasteiger partial charge in [-0.2, -0.15) is 0 Å². The molecule has 1 amide bonds. The Hall–Kier alpha value is -2.31. The summed E-state index contributed by atoms with van der Waals surface area (Å²) in [6.07, 6.45) is 2.09. The third-order valence-electron chi connectivity index (χ3n) is 4.35. The topological polar surface area (TPSA) is 78.7 Å². The number of fused-ring (bicyclic) bond motifs is 1. The summed E-state index contributed by atoms with van der Waals surface area (Å²) in [6, 6.07) is 3.21. The van der Waals surface area contributed by atoms with Crippen molar-refractivity contribution in [2.24, 2.45) is 0 Å². The molecule has 2 heterocycles. The van der Waals surface area contributed by atoms with Crippen LogP contribution in [0, 0.1) is 10.1 Å². The standard InChI is InChI=1S/C15H20N4O3/c1-2-17-8-5-16-12-10-13(18-6-3-4-7-18)14(19(21)22)9-11(12)15(17)20/h9-10,16H,2-8H2,1H3. The number of amides is 1. The maximum atomic E-state index is 12.5. The van der Waals surface area contributed by atoms with Gasteiger partial charge in [0, 0.05) is 44.5 Å². The number of rotatable bonds is 3. The first kappa shape index (κ1) is 14.6. The summed E-state index contributed by atoms with van der Waals surface area (Å²) in [6.45, 7) is 5.43. The van der Waals surface area contributed by atoms with E-state index in [2.05, 4.69) is 5.32 Å². The number of nitrogens with zero attached hydrogens (tertiary/aromatic N) is 3. The molecule has 1 aromatic rings. The highest BCUT2D eigenvalue weighted by Crippen LogP contribution is 2.36. The van der Waals surface area contributed by atoms with Crippen LogP contribution in [0.1, 0.15) is 30.1 Å². The van der Waals surface area contributed by atoms with Gasteiger partial charge in [-0.15, -0.1) is 0 Å². The number of carbonyl (C=O) groups excluding carboxylic acids is 1. The zero-order chi connectivity index (χ0) is 15.7. The smallest absolute Gasteiger partial charge is 0.293 e. The fraction of sp³-hybridized carbons (Fsp3) is 0.533. The molecule has 2 aliphatic heterocycles. The highest BCUT2D eigenvalue weighted by atomic mass is 16.6. The maximum absolute atomic E-state index is 12.5. The highest BCUT2D eigenvalue weighted by Gasteiger charge is 2.29. The van der Waals surface area contributed by atoms with E-state index in [0.717, 1.165) is 25.9 Å². The predicted octanol–water partition coefficient (Wildman–Crippen LogP) is 2.08. The molecule has 0 spiro atoms. The van der Waals surface area contributed by atoms with Gasteiger partial charge < -0.3 is 15.1 Å². The first-order valence-electron chi connectivity index (χ1n) is 7.72. The molecule has 1 aromatic carbocycles. The second-order valence-electron chi connectivity index (χ2n) is 5.65. The number of nitro benzene ring substituents is 1. The van der Waals surface area contributed by atoms with Crippen molar-refractivity contribution in [1.82, 2.24) is 4.90 Å². The van der Waals surface area contributed by atoms with Crippen LogP contribution < -0.4 is 10.2 Å². The average molecular weight is 304 g/mol. The van der Waals surface area contributed by atoms with E-state index in [9.17, 15) is 14.9 Å². The van der Waals surface area contributed by atoms with Crippen LogP contribution in [0.3, 0.4) is 0 Å². The van der Waals surface area contributed by atoms with Gasteiger partial charge in [0.15, 0.2) is 0 Å². The second kappa shape index (κ2) is 5.82. The molecule has 0 aliphatic carbocycles. The Bertz CT molecular complexity index is 611. The molecule has 1 saturated heterocycles. The van der Waals surface area contributed by atoms with Gasteiger partial charge in [-0.3, -0.25) is 14.9 Å². The van der Waals surface area contributed by atoms with Crippen molar-refractivity contribution in [3.63, 3.8) is 0 Å². The molecule has 0 radical (unpaired) electrons. The van der Waals surface area contributed by atoms with E-state index >= 15 is 0 Å². The number of nitro groups is 1. The van der Waals surface area contributed by atoms with Crippen LogP contribution in [-0.2, 0) is 0 Å². The quantitative estimate of drug-likeness (QED) is 0.683. The lowest BCUT2D eigenvalue weighted by molar-refractivity contribution is -0.384. The fourth-order valence-electron chi connectivity index (χ4n) is 3.16. The minimum atomic E-state index is -0.387. The zero-order valence-corrected chi connectivity index (χ0v) is 12.7. The molecule has 22 heavy (non-hydrogen) atoms. The summed E-state index contributed by atoms with van der Waals surface area (Å²) in [5, 5.41) is 14.7. The largest absolute Gasteiger partial charge is 0.383 e. The molecule has 0 bridgehead atoms. The molecule has 1 fully saturated rings. The lowest BCUT2D eigenvalue weighted by Gasteiger charge is -2.20. The first-order chi connectivity index (χ1) is 10.6. The zero-order valence-electron chi connectivity index (χ0n) is 12.7. The summed E-state index contributed by atoms with van der Waals surface area (Å²) in [7, 11) is 0. The van der Waals surface area contributed by atoms with E-state index in [1.54, 1.807) is 11.0 Å². The normalized spacial score (nSPS) is 18.0. The molecule has 0 aromatic heterocycles. The van der Waals surface area contributed by atoms with Crippen molar-refractivity contribution in [1.29, 1.82) is 0 Å². The maximum Gasteiger partial charge on any atom is 0.293 e. The highest BCUT2D eigenvalue weighted by molar-refractivity contribution is 6.02. The van der Waals surface area contributed by atoms with Gasteiger partial charge >= 0.3 is 0 Å². The van der Waals surface area contributed by atoms with Crippen molar-refractivity contribution in [3.8, 4) is 0 Å². The summed E-state index contributed by atoms with van der Waals surface area (Å²) in [4.78, 5) is 27.3. The molecule has 7 heteroatoms. The van der Waals surface area contributed by atoms with E-state index < -0.39 is 0 Å². The number of hydrogen-bond acceptors (Lipinski definition) is 5. The molecule has 7 nitrogen and oxygen atoms in total. The summed E-state index contributed by atoms with van der Waals surface area (Å²) < 4.78 is 0. The Kier molecular flexibility index (Phi) is 3.87. The van der Waals surface area contributed by atoms with Crippen LogP contribution in [0.25, 0.3) is 0 Å². The van der Waals surface area contributed by atoms with Gasteiger partial charge in [-0.25, -0.2) is 0 Å². The Morgan fingerprint density at radius 1 is 1.27 bits per heavy atom. The van der Waals surface area contributed by atoms with E-state index in [1.807, 2.05) is 11.8 Å². The van der Waals surface area contributed by atoms with Crippen LogP contribution in [-0.4, -0.2) is 48.5 Å². The van der Waals surface area contributed by atoms with Crippen molar-refractivity contribution in [2.45, 2.75) is 19.8 Å². The summed E-state index contributed by atoms with van der Waals surface area (Å²) >= 11 is 0. The van der Waals surface area contributed by atoms with Gasteiger partial charge in [-0.05, 0) is 25.8 Å². The minimum absolute atomic E-state index is 0.0220. The fourth-order valence-corrected chi connectivity index (χ4v) is 3.16. The second-order valence-corrected chi connectivity index (χ2v) is 5.65. The third-order valence-corrected chi connectivity index (χ3v) is 4.35. The van der Waals surface area contributed by atoms with Crippen molar-refractivity contribution >= 4 is 23.0 Å². The Morgan fingerprint density at radius 2 is 2.00 bits per heavy atom. The van der Waals surface area contributed by atoms with E-state index in [0.29, 0.717) is 36.6 Å². The van der Waals surface area contributed by atoms with Crippen LogP contribution in [0.4, 0.5) is 17.1 Å². The molecule has 2 aliphatic rings. The van der Waals surface area contributed by atoms with Gasteiger partial charge in [-0.1, -0.05) is 0 Å². The van der Waals surface area contributed by atoms with Crippen molar-refractivity contribution in [3.05, 3.63) is 27.8 Å². The van der Waals surface area contributed by atoms with E-state index in [-0.39, 0.29) is 16.5 Å². The Morgan fingerprint density at radius 3 is 2.64 bits per heavy atom. The molecule has 1 N–H and O–H groups in total. The molecule has 0 atom stereocenters. The molecule has 118 valence electrons. The third kappa shape index (κ3) is 2.47. The Balaban J connectivity index is 2.09. The van der Waals surface area contributed by atoms with Gasteiger partial charge in [0.1, 0.15) is 5.69 Å². The van der Waals surface area contributed by atoms with Gasteiger partial charge in [0.2, 0.25) is 0 Å². The van der Waals surface area contributed by atoms with Crippen LogP contribution >= 0.6 is 0 Å². The van der Waals surface area contributed by atoms with Crippen LogP contribution in [0.15, 0.2) is 12.1 Å². The Labute approximate surface area is 129 Å². The average Bonchev–Trinajstić information content (AvgIpc) is 2.99. The number of likely N-dealkylation sites (N-methyl/N-ethyl adjacent to an activating group) is 1. The molecule has 0 saturated carbocycles. The number of benzene rings is 1. The van der Waals surface area contributed by atoms with Crippen molar-refractivity contribution < 1.29 is 9.72 Å². The molecular weight excluding hydrogens is 284 g/mol. The molecule has 0 unspecified atom stereocenters. The molecular formula is C15H20N4O3. The van der Waals surface area contributed by atoms with Crippen LogP contribution in [0.2, 0.25) is 0 Å². The lowest BCUT2D eigenvalue weighted by atomic mass is 10.1. The minimum Gasteiger partial charge on any atom is -0.383 e. The number of carbonyl (C=O) groups is 1. The van der Waals surface area contributed by atoms with Gasteiger partial charge in [0.25, 0.3) is 11.6 Å². The first-order valence-corrected chi connectivity index (χ1v) is 7.72. The summed E-state index contributed by atoms with van der Waals surface area (Å²) in [5.41, 5.74) is 1.74. The van der Waals surface area contributed by atoms with Crippen LogP contribution in [0.5, 0.6) is 0 Å². The predicted molar refractivity (Wildman–Crippen MR) is 84.6 cm³/mol. The molecule has 3 rings (SSSR count). The number of hydrogen-bond donors (Lipinski definition) is 1. The summed E-state index contributed by atoms with van der Waals surface area (Å²) in [5.74, 6) is -0.140. The van der Waals surface area contributed by atoms with Crippen molar-refractivity contribution in [2.75, 3.05) is 42.9 Å². The van der Waals surface area contributed by atoms with Gasteiger partial charge in [0.05, 0.1) is 10.5 Å². The lowest BCUT2D eigenvalue weighted by Crippen LogP contribution is -2.32. The number of anilines is 2.